The number of carbonyl (C=O) groups is 3. The fourth-order valence-electron chi connectivity index (χ4n) is 7.17. The summed E-state index contributed by atoms with van der Waals surface area (Å²) in [5.41, 5.74) is 4.33. The van der Waals surface area contributed by atoms with Crippen LogP contribution in [0.1, 0.15) is 33.9 Å². The molecule has 14 nitrogen and oxygen atoms in total. The van der Waals surface area contributed by atoms with Crippen molar-refractivity contribution in [3.63, 3.8) is 0 Å². The number of nitrogens with zero attached hydrogens (tertiary/aromatic N) is 7. The van der Waals surface area contributed by atoms with Crippen molar-refractivity contribution < 1.29 is 24.4 Å². The SMILES string of the molecule is CN1CC(=O)N2[C@@H](Cc3ccc(O)cc3)C(=O)N(Cc3cccc4c3C(Cc3ccccc3[N+](=O)[O-])N=N4)C[C@@H]2N1C(=O)NCc1ccccc1. The van der Waals surface area contributed by atoms with Crippen molar-refractivity contribution in [3.8, 4) is 5.75 Å². The Bertz CT molecular complexity index is 2010. The largest absolute Gasteiger partial charge is 0.508 e. The predicted molar refractivity (Wildman–Crippen MR) is 185 cm³/mol. The van der Waals surface area contributed by atoms with Crippen LogP contribution in [0, 0.1) is 10.1 Å². The molecule has 3 aliphatic heterocycles. The van der Waals surface area contributed by atoms with Gasteiger partial charge in [-0.05, 0) is 34.9 Å². The van der Waals surface area contributed by atoms with Gasteiger partial charge in [0.05, 0.1) is 23.7 Å². The van der Waals surface area contributed by atoms with E-state index in [-0.39, 0.29) is 62.3 Å². The molecule has 0 spiro atoms. The highest BCUT2D eigenvalue weighted by molar-refractivity contribution is 5.91. The van der Waals surface area contributed by atoms with Gasteiger partial charge in [-0.25, -0.2) is 14.8 Å². The van der Waals surface area contributed by atoms with Gasteiger partial charge in [0, 0.05) is 50.2 Å². The van der Waals surface area contributed by atoms with E-state index in [1.165, 1.54) is 28.1 Å². The minimum absolute atomic E-state index is 0.00118. The Morgan fingerprint density at radius 3 is 2.41 bits per heavy atom. The molecule has 4 aromatic rings. The number of phenols is 1. The molecule has 0 aromatic heterocycles. The van der Waals surface area contributed by atoms with E-state index in [1.807, 2.05) is 48.5 Å². The Balaban J connectivity index is 1.21. The number of hydrogen-bond donors (Lipinski definition) is 2. The summed E-state index contributed by atoms with van der Waals surface area (Å²) in [7, 11) is 1.67. The van der Waals surface area contributed by atoms with Crippen LogP contribution in [0.2, 0.25) is 0 Å². The van der Waals surface area contributed by atoms with Crippen LogP contribution in [0.25, 0.3) is 0 Å². The lowest BCUT2D eigenvalue weighted by molar-refractivity contribution is -0.385. The number of likely N-dealkylation sites (N-methyl/N-ethyl adjacent to an activating group) is 1. The van der Waals surface area contributed by atoms with Crippen molar-refractivity contribution in [2.75, 3.05) is 20.1 Å². The summed E-state index contributed by atoms with van der Waals surface area (Å²) in [6.07, 6.45) is -0.410. The van der Waals surface area contributed by atoms with Gasteiger partial charge in [0.25, 0.3) is 5.69 Å². The number of carbonyl (C=O) groups excluding carboxylic acids is 3. The van der Waals surface area contributed by atoms with Gasteiger partial charge < -0.3 is 20.2 Å². The minimum Gasteiger partial charge on any atom is -0.508 e. The highest BCUT2D eigenvalue weighted by Crippen LogP contribution is 2.42. The van der Waals surface area contributed by atoms with Crippen LogP contribution >= 0.6 is 0 Å². The van der Waals surface area contributed by atoms with Gasteiger partial charge in [0.1, 0.15) is 24.0 Å². The normalized spacial score (nSPS) is 19.9. The Morgan fingerprint density at radius 2 is 1.65 bits per heavy atom. The molecule has 3 atom stereocenters. The number of piperazine rings is 1. The number of hydrogen-bond acceptors (Lipinski definition) is 9. The van der Waals surface area contributed by atoms with Gasteiger partial charge in [-0.1, -0.05) is 72.8 Å². The molecule has 2 N–H and O–H groups in total. The maximum absolute atomic E-state index is 14.5. The molecule has 14 heteroatoms. The van der Waals surface area contributed by atoms with Crippen molar-refractivity contribution in [1.82, 2.24) is 25.1 Å². The van der Waals surface area contributed by atoms with E-state index in [4.69, 9.17) is 0 Å². The van der Waals surface area contributed by atoms with Gasteiger partial charge in [-0.15, -0.1) is 0 Å². The Morgan fingerprint density at radius 1 is 0.922 bits per heavy atom. The van der Waals surface area contributed by atoms with Crippen molar-refractivity contribution in [3.05, 3.63) is 135 Å². The lowest BCUT2D eigenvalue weighted by Gasteiger charge is -2.54. The van der Waals surface area contributed by atoms with Crippen LogP contribution in [0.5, 0.6) is 5.75 Å². The standard InChI is InChI=1S/C37H36N8O6/c1-41-23-34(47)43-32(18-24-14-16-28(46)17-15-24)36(48)42(22-33(43)44(41)37(49)38-20-25-8-3-2-4-9-25)21-27-11-7-12-29-35(27)30(40-39-29)19-26-10-5-6-13-31(26)45(50)51/h2-17,30,32-33,46H,18-23H2,1H3,(H,38,49)/t30?,32-,33-/m0/s1. The first-order valence-electron chi connectivity index (χ1n) is 16.6. The first-order chi connectivity index (χ1) is 24.7. The highest BCUT2D eigenvalue weighted by atomic mass is 16.6. The number of amides is 4. The fraction of sp³-hybridized carbons (Fsp3) is 0.270. The van der Waals surface area contributed by atoms with E-state index in [2.05, 4.69) is 15.5 Å². The summed E-state index contributed by atoms with van der Waals surface area (Å²) in [6.45, 7) is 0.340. The number of nitro groups is 1. The number of nitro benzene ring substituents is 1. The number of aromatic hydroxyl groups is 1. The number of rotatable bonds is 9. The number of urea groups is 1. The van der Waals surface area contributed by atoms with E-state index in [1.54, 1.807) is 47.3 Å². The lowest BCUT2D eigenvalue weighted by Crippen LogP contribution is -2.76. The van der Waals surface area contributed by atoms with Crippen molar-refractivity contribution in [2.45, 2.75) is 44.2 Å². The van der Waals surface area contributed by atoms with E-state index >= 15 is 0 Å². The van der Waals surface area contributed by atoms with E-state index in [0.29, 0.717) is 11.3 Å². The van der Waals surface area contributed by atoms with Gasteiger partial charge in [0.2, 0.25) is 11.8 Å². The summed E-state index contributed by atoms with van der Waals surface area (Å²) in [5, 5.41) is 36.6. The number of para-hydroxylation sites is 1. The third-order valence-electron chi connectivity index (χ3n) is 9.57. The topological polar surface area (TPSA) is 164 Å². The van der Waals surface area contributed by atoms with Crippen LogP contribution in [0.4, 0.5) is 16.2 Å². The first-order valence-corrected chi connectivity index (χ1v) is 16.6. The molecule has 0 saturated carbocycles. The van der Waals surface area contributed by atoms with Crippen LogP contribution in [0.15, 0.2) is 107 Å². The van der Waals surface area contributed by atoms with Crippen LogP contribution in [-0.2, 0) is 35.5 Å². The number of benzene rings is 4. The second-order valence-electron chi connectivity index (χ2n) is 12.9. The van der Waals surface area contributed by atoms with E-state index in [0.717, 1.165) is 22.3 Å². The molecular weight excluding hydrogens is 652 g/mol. The molecule has 1 unspecified atom stereocenters. The van der Waals surface area contributed by atoms with Gasteiger partial charge in [0.15, 0.2) is 0 Å². The lowest BCUT2D eigenvalue weighted by atomic mass is 9.93. The quantitative estimate of drug-likeness (QED) is 0.187. The van der Waals surface area contributed by atoms with E-state index in [9.17, 15) is 29.6 Å². The molecule has 7 rings (SSSR count). The molecular formula is C37H36N8O6. The van der Waals surface area contributed by atoms with Gasteiger partial charge >= 0.3 is 6.03 Å². The fourth-order valence-corrected chi connectivity index (χ4v) is 7.17. The monoisotopic (exact) mass is 688 g/mol. The average Bonchev–Trinajstić information content (AvgIpc) is 3.54. The molecule has 4 aromatic carbocycles. The third kappa shape index (κ3) is 6.73. The van der Waals surface area contributed by atoms with Crippen LogP contribution < -0.4 is 5.32 Å². The summed E-state index contributed by atoms with van der Waals surface area (Å²) < 4.78 is 0. The molecule has 260 valence electrons. The van der Waals surface area contributed by atoms with Crippen molar-refractivity contribution in [2.24, 2.45) is 10.2 Å². The van der Waals surface area contributed by atoms with Crippen LogP contribution in [0.3, 0.4) is 0 Å². The maximum atomic E-state index is 14.5. The van der Waals surface area contributed by atoms with Crippen molar-refractivity contribution in [1.29, 1.82) is 0 Å². The number of hydrazine groups is 1. The molecule has 0 bridgehead atoms. The zero-order chi connectivity index (χ0) is 35.6. The molecule has 0 aliphatic carbocycles. The highest BCUT2D eigenvalue weighted by Gasteiger charge is 2.50. The second-order valence-corrected chi connectivity index (χ2v) is 12.9. The summed E-state index contributed by atoms with van der Waals surface area (Å²) in [5.74, 6) is -0.495. The van der Waals surface area contributed by atoms with Crippen molar-refractivity contribution >= 4 is 29.2 Å². The Kier molecular flexibility index (Phi) is 9.15. The number of nitrogens with one attached hydrogen (secondary N) is 1. The van der Waals surface area contributed by atoms with E-state index < -0.39 is 29.2 Å². The third-order valence-corrected chi connectivity index (χ3v) is 9.57. The second kappa shape index (κ2) is 14.0. The number of phenolic OH excluding ortho intramolecular Hbond substituents is 1. The molecule has 4 amide bonds. The van der Waals surface area contributed by atoms with Crippen LogP contribution in [-0.4, -0.2) is 80.0 Å². The summed E-state index contributed by atoms with van der Waals surface area (Å²) in [6, 6.07) is 26.2. The average molecular weight is 689 g/mol. The van der Waals surface area contributed by atoms with Gasteiger partial charge in [-0.2, -0.15) is 10.2 Å². The summed E-state index contributed by atoms with van der Waals surface area (Å²) >= 11 is 0. The summed E-state index contributed by atoms with van der Waals surface area (Å²) in [4.78, 5) is 56.6. The number of azo groups is 1. The smallest absolute Gasteiger partial charge is 0.334 e. The Labute approximate surface area is 293 Å². The Hall–Kier alpha value is -6.15. The zero-order valence-electron chi connectivity index (χ0n) is 27.8. The molecule has 2 fully saturated rings. The number of fused-ring (bicyclic) bond motifs is 2. The molecule has 51 heavy (non-hydrogen) atoms. The predicted octanol–water partition coefficient (Wildman–Crippen LogP) is 4.86. The minimum atomic E-state index is -0.937. The first kappa shape index (κ1) is 33.4. The molecule has 3 aliphatic rings. The van der Waals surface area contributed by atoms with Gasteiger partial charge in [-0.3, -0.25) is 19.7 Å². The maximum Gasteiger partial charge on any atom is 0.334 e. The molecule has 2 saturated heterocycles. The molecule has 3 heterocycles. The zero-order valence-corrected chi connectivity index (χ0v) is 27.8. The molecule has 0 radical (unpaired) electrons.